The number of nitrogens with two attached hydrogens (primary N) is 1. The molecule has 0 aromatic carbocycles. The summed E-state index contributed by atoms with van der Waals surface area (Å²) in [5.74, 6) is 0. The zero-order chi connectivity index (χ0) is 9.14. The number of hydrogen-bond acceptors (Lipinski definition) is 3. The molecule has 3 N–H and O–H groups in total. The number of alkyl carbamates (subject to hydrolysis) is 1. The van der Waals surface area contributed by atoms with E-state index < -0.39 is 0 Å². The zero-order valence-corrected chi connectivity index (χ0v) is 7.54. The van der Waals surface area contributed by atoms with Gasteiger partial charge in [0.05, 0.1) is 6.10 Å². The molecule has 1 rings (SSSR count). The normalized spacial score (nSPS) is 28.0. The van der Waals surface area contributed by atoms with Crippen molar-refractivity contribution in [3.05, 3.63) is 0 Å². The summed E-state index contributed by atoms with van der Waals surface area (Å²) in [6, 6.07) is 0.487. The van der Waals surface area contributed by atoms with Gasteiger partial charge in [0, 0.05) is 12.1 Å². The van der Waals surface area contributed by atoms with E-state index in [1.807, 2.05) is 13.8 Å². The van der Waals surface area contributed by atoms with Gasteiger partial charge >= 0.3 is 6.09 Å². The third kappa shape index (κ3) is 2.70. The van der Waals surface area contributed by atoms with Crippen molar-refractivity contribution in [3.8, 4) is 0 Å². The topological polar surface area (TPSA) is 64.3 Å². The maximum atomic E-state index is 11.0. The second-order valence-electron chi connectivity index (χ2n) is 3.53. The van der Waals surface area contributed by atoms with Gasteiger partial charge in [-0.05, 0) is 26.7 Å². The first kappa shape index (κ1) is 9.32. The van der Waals surface area contributed by atoms with Gasteiger partial charge in [-0.1, -0.05) is 0 Å². The smallest absolute Gasteiger partial charge is 0.407 e. The van der Waals surface area contributed by atoms with Crippen LogP contribution >= 0.6 is 0 Å². The summed E-state index contributed by atoms with van der Waals surface area (Å²) < 4.78 is 4.90. The minimum absolute atomic E-state index is 0.0567. The molecule has 0 heterocycles. The van der Waals surface area contributed by atoms with Crippen LogP contribution in [0.4, 0.5) is 4.79 Å². The van der Waals surface area contributed by atoms with E-state index in [4.69, 9.17) is 10.5 Å². The van der Waals surface area contributed by atoms with Crippen LogP contribution in [-0.4, -0.2) is 24.3 Å². The first-order valence-corrected chi connectivity index (χ1v) is 4.30. The largest absolute Gasteiger partial charge is 0.447 e. The molecule has 0 aromatic heterocycles. The lowest BCUT2D eigenvalue weighted by Gasteiger charge is -2.32. The Morgan fingerprint density at radius 2 is 2.17 bits per heavy atom. The molecule has 0 aliphatic heterocycles. The van der Waals surface area contributed by atoms with Crippen LogP contribution in [0.2, 0.25) is 0 Å². The number of carbonyl (C=O) groups excluding carboxylic acids is 1. The molecule has 4 nitrogen and oxygen atoms in total. The van der Waals surface area contributed by atoms with Crippen LogP contribution in [0.15, 0.2) is 0 Å². The molecule has 0 saturated heterocycles. The van der Waals surface area contributed by atoms with Crippen LogP contribution in [0.3, 0.4) is 0 Å². The van der Waals surface area contributed by atoms with Crippen LogP contribution in [0.25, 0.3) is 0 Å². The van der Waals surface area contributed by atoms with Crippen molar-refractivity contribution in [1.82, 2.24) is 5.32 Å². The third-order valence-corrected chi connectivity index (χ3v) is 1.84. The highest BCUT2D eigenvalue weighted by molar-refractivity contribution is 5.67. The quantitative estimate of drug-likeness (QED) is 0.641. The van der Waals surface area contributed by atoms with Gasteiger partial charge in [-0.15, -0.1) is 0 Å². The highest BCUT2D eigenvalue weighted by Crippen LogP contribution is 2.17. The number of carbonyl (C=O) groups is 1. The number of hydrogen-bond donors (Lipinski definition) is 2. The molecule has 0 unspecified atom stereocenters. The zero-order valence-electron chi connectivity index (χ0n) is 7.54. The van der Waals surface area contributed by atoms with E-state index >= 15 is 0 Å². The maximum absolute atomic E-state index is 11.0. The Hall–Kier alpha value is -0.770. The van der Waals surface area contributed by atoms with Gasteiger partial charge < -0.3 is 15.8 Å². The number of nitrogens with one attached hydrogen (secondary N) is 1. The Balaban J connectivity index is 2.11. The van der Waals surface area contributed by atoms with Crippen molar-refractivity contribution in [1.29, 1.82) is 0 Å². The molecule has 0 aromatic rings. The predicted molar refractivity (Wildman–Crippen MR) is 45.8 cm³/mol. The first-order valence-electron chi connectivity index (χ1n) is 4.30. The van der Waals surface area contributed by atoms with Gasteiger partial charge in [0.2, 0.25) is 0 Å². The molecule has 1 saturated carbocycles. The summed E-state index contributed by atoms with van der Waals surface area (Å²) in [6.07, 6.45) is 1.35. The minimum Gasteiger partial charge on any atom is -0.447 e. The molecular formula is C8H16N2O2. The molecule has 1 aliphatic rings. The van der Waals surface area contributed by atoms with E-state index in [2.05, 4.69) is 5.32 Å². The van der Waals surface area contributed by atoms with E-state index in [9.17, 15) is 4.79 Å². The van der Waals surface area contributed by atoms with Crippen molar-refractivity contribution < 1.29 is 9.53 Å². The first-order chi connectivity index (χ1) is 5.58. The van der Waals surface area contributed by atoms with Gasteiger partial charge in [-0.25, -0.2) is 4.79 Å². The van der Waals surface area contributed by atoms with E-state index in [1.165, 1.54) is 0 Å². The van der Waals surface area contributed by atoms with E-state index in [1.54, 1.807) is 0 Å². The lowest BCUT2D eigenvalue weighted by molar-refractivity contribution is 0.106. The molecule has 70 valence electrons. The van der Waals surface area contributed by atoms with Gasteiger partial charge in [-0.2, -0.15) is 0 Å². The number of amides is 1. The molecule has 4 heteroatoms. The van der Waals surface area contributed by atoms with Crippen LogP contribution in [0, 0.1) is 0 Å². The van der Waals surface area contributed by atoms with Crippen LogP contribution in [-0.2, 0) is 4.74 Å². The number of ether oxygens (including phenoxy) is 1. The van der Waals surface area contributed by atoms with Crippen molar-refractivity contribution in [2.24, 2.45) is 5.73 Å². The fourth-order valence-corrected chi connectivity index (χ4v) is 1.19. The Bertz CT molecular complexity index is 164. The number of rotatable bonds is 2. The second kappa shape index (κ2) is 3.76. The van der Waals surface area contributed by atoms with Crippen molar-refractivity contribution in [3.63, 3.8) is 0 Å². The van der Waals surface area contributed by atoms with Crippen LogP contribution < -0.4 is 11.1 Å². The minimum atomic E-state index is -0.332. The fraction of sp³-hybridized carbons (Fsp3) is 0.875. The summed E-state index contributed by atoms with van der Waals surface area (Å²) >= 11 is 0. The summed E-state index contributed by atoms with van der Waals surface area (Å²) in [7, 11) is 0. The molecule has 1 amide bonds. The van der Waals surface area contributed by atoms with Gasteiger partial charge in [0.15, 0.2) is 0 Å². The lowest BCUT2D eigenvalue weighted by Crippen LogP contribution is -2.50. The monoisotopic (exact) mass is 172 g/mol. The average Bonchev–Trinajstić information content (AvgIpc) is 1.82. The summed E-state index contributed by atoms with van der Waals surface area (Å²) in [4.78, 5) is 11.0. The maximum Gasteiger partial charge on any atom is 0.407 e. The molecule has 0 radical (unpaired) electrons. The molecule has 0 bridgehead atoms. The summed E-state index contributed by atoms with van der Waals surface area (Å²) in [6.45, 7) is 3.65. The molecule has 1 aliphatic carbocycles. The summed E-state index contributed by atoms with van der Waals surface area (Å²) in [5.41, 5.74) is 5.55. The predicted octanol–water partition coefficient (Wildman–Crippen LogP) is 0.611. The van der Waals surface area contributed by atoms with Crippen molar-refractivity contribution >= 4 is 6.09 Å². The van der Waals surface area contributed by atoms with E-state index in [0.29, 0.717) is 0 Å². The fourth-order valence-electron chi connectivity index (χ4n) is 1.19. The van der Waals surface area contributed by atoms with Crippen molar-refractivity contribution in [2.45, 2.75) is 44.9 Å². The Morgan fingerprint density at radius 1 is 1.58 bits per heavy atom. The lowest BCUT2D eigenvalue weighted by atomic mass is 9.88. The van der Waals surface area contributed by atoms with Gasteiger partial charge in [0.1, 0.15) is 0 Å². The SMILES string of the molecule is CC(C)OC(=O)NC1CC(N)C1. The van der Waals surface area contributed by atoms with Crippen LogP contribution in [0.1, 0.15) is 26.7 Å². The Kier molecular flexibility index (Phi) is 2.92. The Morgan fingerprint density at radius 3 is 2.58 bits per heavy atom. The molecule has 0 atom stereocenters. The highest BCUT2D eigenvalue weighted by atomic mass is 16.6. The highest BCUT2D eigenvalue weighted by Gasteiger charge is 2.27. The second-order valence-corrected chi connectivity index (χ2v) is 3.53. The van der Waals surface area contributed by atoms with Crippen LogP contribution in [0.5, 0.6) is 0 Å². The van der Waals surface area contributed by atoms with E-state index in [0.717, 1.165) is 12.8 Å². The molecule has 1 fully saturated rings. The molecular weight excluding hydrogens is 156 g/mol. The van der Waals surface area contributed by atoms with Crippen molar-refractivity contribution in [2.75, 3.05) is 0 Å². The van der Waals surface area contributed by atoms with Gasteiger partial charge in [0.25, 0.3) is 0 Å². The summed E-state index contributed by atoms with van der Waals surface area (Å²) in [5, 5.41) is 2.74. The Labute approximate surface area is 72.5 Å². The average molecular weight is 172 g/mol. The molecule has 0 spiro atoms. The van der Waals surface area contributed by atoms with E-state index in [-0.39, 0.29) is 24.3 Å². The third-order valence-electron chi connectivity index (χ3n) is 1.84. The standard InChI is InChI=1S/C8H16N2O2/c1-5(2)12-8(11)10-7-3-6(9)4-7/h5-7H,3-4,9H2,1-2H3,(H,10,11). The molecule has 12 heavy (non-hydrogen) atoms. The van der Waals surface area contributed by atoms with Gasteiger partial charge in [-0.3, -0.25) is 0 Å².